The standard InChI is InChI=1S/C18H24N2O2S/c1-3-18(12-21)20(11-16-8-9-23-13-16)10-15-4-6-17(7-5-15)19-14(2)22/h4-9,13,18,21H,3,10-12H2,1-2H3,(H,19,22)/t18-/m1/s1. The van der Waals surface area contributed by atoms with Crippen molar-refractivity contribution in [1.82, 2.24) is 4.90 Å². The average Bonchev–Trinajstić information content (AvgIpc) is 3.03. The summed E-state index contributed by atoms with van der Waals surface area (Å²) >= 11 is 1.69. The second-order valence-corrected chi connectivity index (χ2v) is 6.44. The van der Waals surface area contributed by atoms with E-state index in [1.807, 2.05) is 24.3 Å². The number of carbonyl (C=O) groups excluding carboxylic acids is 1. The van der Waals surface area contributed by atoms with Gasteiger partial charge in [0.1, 0.15) is 0 Å². The van der Waals surface area contributed by atoms with E-state index in [1.165, 1.54) is 18.1 Å². The van der Waals surface area contributed by atoms with Gasteiger partial charge in [0.2, 0.25) is 5.91 Å². The van der Waals surface area contributed by atoms with Gasteiger partial charge in [-0.1, -0.05) is 19.1 Å². The van der Waals surface area contributed by atoms with Gasteiger partial charge in [0.05, 0.1) is 6.61 Å². The van der Waals surface area contributed by atoms with Gasteiger partial charge in [-0.05, 0) is 46.5 Å². The smallest absolute Gasteiger partial charge is 0.221 e. The number of benzene rings is 1. The van der Waals surface area contributed by atoms with Crippen molar-refractivity contribution >= 4 is 22.9 Å². The van der Waals surface area contributed by atoms with Crippen molar-refractivity contribution in [3.8, 4) is 0 Å². The van der Waals surface area contributed by atoms with Crippen molar-refractivity contribution in [2.45, 2.75) is 39.4 Å². The van der Waals surface area contributed by atoms with Crippen LogP contribution in [-0.2, 0) is 17.9 Å². The predicted molar refractivity (Wildman–Crippen MR) is 95.5 cm³/mol. The summed E-state index contributed by atoms with van der Waals surface area (Å²) in [6.45, 7) is 5.36. The van der Waals surface area contributed by atoms with Crippen molar-refractivity contribution in [3.05, 3.63) is 52.2 Å². The Morgan fingerprint density at radius 1 is 1.22 bits per heavy atom. The van der Waals surface area contributed by atoms with Crippen LogP contribution in [0, 0.1) is 0 Å². The molecule has 0 spiro atoms. The van der Waals surface area contributed by atoms with Crippen LogP contribution >= 0.6 is 11.3 Å². The predicted octanol–water partition coefficient (Wildman–Crippen LogP) is 3.48. The number of carbonyl (C=O) groups is 1. The summed E-state index contributed by atoms with van der Waals surface area (Å²) in [4.78, 5) is 13.4. The van der Waals surface area contributed by atoms with Gasteiger partial charge in [-0.2, -0.15) is 11.3 Å². The van der Waals surface area contributed by atoms with Crippen molar-refractivity contribution in [1.29, 1.82) is 0 Å². The first-order valence-corrected chi connectivity index (χ1v) is 8.79. The largest absolute Gasteiger partial charge is 0.395 e. The SMILES string of the molecule is CC[C@H](CO)N(Cc1ccc(NC(C)=O)cc1)Cc1ccsc1. The topological polar surface area (TPSA) is 52.6 Å². The lowest BCUT2D eigenvalue weighted by atomic mass is 10.1. The molecule has 1 aromatic heterocycles. The van der Waals surface area contributed by atoms with Crippen molar-refractivity contribution < 1.29 is 9.90 Å². The number of nitrogens with one attached hydrogen (secondary N) is 1. The van der Waals surface area contributed by atoms with Gasteiger partial charge in [-0.15, -0.1) is 0 Å². The Balaban J connectivity index is 2.08. The van der Waals surface area contributed by atoms with Gasteiger partial charge in [-0.3, -0.25) is 9.69 Å². The monoisotopic (exact) mass is 332 g/mol. The van der Waals surface area contributed by atoms with Gasteiger partial charge >= 0.3 is 0 Å². The molecule has 23 heavy (non-hydrogen) atoms. The van der Waals surface area contributed by atoms with Crippen molar-refractivity contribution in [3.63, 3.8) is 0 Å². The van der Waals surface area contributed by atoms with Crippen LogP contribution in [0.4, 0.5) is 5.69 Å². The zero-order chi connectivity index (χ0) is 16.7. The summed E-state index contributed by atoms with van der Waals surface area (Å²) in [6, 6.07) is 10.1. The normalized spacial score (nSPS) is 12.3. The van der Waals surface area contributed by atoms with Crippen LogP contribution in [0.1, 0.15) is 31.4 Å². The highest BCUT2D eigenvalue weighted by Crippen LogP contribution is 2.18. The van der Waals surface area contributed by atoms with Gasteiger partial charge in [0.25, 0.3) is 0 Å². The number of anilines is 1. The molecule has 5 heteroatoms. The Bertz CT molecular complexity index is 592. The number of aliphatic hydroxyl groups excluding tert-OH is 1. The molecule has 0 fully saturated rings. The quantitative estimate of drug-likeness (QED) is 0.778. The van der Waals surface area contributed by atoms with E-state index in [9.17, 15) is 9.90 Å². The number of hydrogen-bond donors (Lipinski definition) is 2. The Kier molecular flexibility index (Phi) is 6.77. The molecule has 2 rings (SSSR count). The van der Waals surface area contributed by atoms with E-state index in [-0.39, 0.29) is 18.6 Å². The molecule has 0 aliphatic heterocycles. The third-order valence-corrected chi connectivity index (χ3v) is 4.56. The zero-order valence-corrected chi connectivity index (χ0v) is 14.5. The second-order valence-electron chi connectivity index (χ2n) is 5.66. The van der Waals surface area contributed by atoms with E-state index in [0.29, 0.717) is 0 Å². The lowest BCUT2D eigenvalue weighted by Crippen LogP contribution is -2.36. The maximum absolute atomic E-state index is 11.1. The van der Waals surface area contributed by atoms with Crippen LogP contribution in [0.3, 0.4) is 0 Å². The summed E-state index contributed by atoms with van der Waals surface area (Å²) < 4.78 is 0. The minimum atomic E-state index is -0.0665. The highest BCUT2D eigenvalue weighted by molar-refractivity contribution is 7.07. The lowest BCUT2D eigenvalue weighted by molar-refractivity contribution is -0.114. The molecule has 1 atom stereocenters. The lowest BCUT2D eigenvalue weighted by Gasteiger charge is -2.29. The Morgan fingerprint density at radius 2 is 1.91 bits per heavy atom. The molecule has 0 saturated heterocycles. The molecular formula is C18H24N2O2S. The van der Waals surface area contributed by atoms with E-state index < -0.39 is 0 Å². The van der Waals surface area contributed by atoms with Crippen LogP contribution in [0.5, 0.6) is 0 Å². The summed E-state index contributed by atoms with van der Waals surface area (Å²) in [7, 11) is 0. The summed E-state index contributed by atoms with van der Waals surface area (Å²) in [5.74, 6) is -0.0665. The molecule has 2 aromatic rings. The van der Waals surface area contributed by atoms with Crippen molar-refractivity contribution in [2.75, 3.05) is 11.9 Å². The molecule has 0 unspecified atom stereocenters. The molecule has 124 valence electrons. The van der Waals surface area contributed by atoms with Crippen LogP contribution in [0.15, 0.2) is 41.1 Å². The van der Waals surface area contributed by atoms with Crippen LogP contribution in [0.25, 0.3) is 0 Å². The second kappa shape index (κ2) is 8.82. The van der Waals surface area contributed by atoms with Gasteiger partial charge in [0.15, 0.2) is 0 Å². The highest BCUT2D eigenvalue weighted by Gasteiger charge is 2.17. The van der Waals surface area contributed by atoms with Gasteiger partial charge in [-0.25, -0.2) is 0 Å². The zero-order valence-electron chi connectivity index (χ0n) is 13.7. The molecule has 1 heterocycles. The molecule has 0 saturated carbocycles. The van der Waals surface area contributed by atoms with E-state index in [1.54, 1.807) is 11.3 Å². The fourth-order valence-electron chi connectivity index (χ4n) is 2.57. The Labute approximate surface area is 141 Å². The third kappa shape index (κ3) is 5.46. The maximum Gasteiger partial charge on any atom is 0.221 e. The number of hydrogen-bond acceptors (Lipinski definition) is 4. The summed E-state index contributed by atoms with van der Waals surface area (Å²) in [6.07, 6.45) is 0.907. The first-order chi connectivity index (χ1) is 11.1. The molecule has 0 bridgehead atoms. The molecule has 0 radical (unpaired) electrons. The highest BCUT2D eigenvalue weighted by atomic mass is 32.1. The number of thiophene rings is 1. The fraction of sp³-hybridized carbons (Fsp3) is 0.389. The summed E-state index contributed by atoms with van der Waals surface area (Å²) in [5, 5.41) is 16.7. The molecule has 0 aliphatic rings. The summed E-state index contributed by atoms with van der Waals surface area (Å²) in [5.41, 5.74) is 3.25. The molecule has 2 N–H and O–H groups in total. The first-order valence-electron chi connectivity index (χ1n) is 7.85. The average molecular weight is 332 g/mol. The maximum atomic E-state index is 11.1. The number of amides is 1. The molecule has 4 nitrogen and oxygen atoms in total. The van der Waals surface area contributed by atoms with Crippen molar-refractivity contribution in [2.24, 2.45) is 0 Å². The molecule has 1 amide bonds. The Hall–Kier alpha value is -1.69. The number of nitrogens with zero attached hydrogens (tertiary/aromatic N) is 1. The minimum Gasteiger partial charge on any atom is -0.395 e. The fourth-order valence-corrected chi connectivity index (χ4v) is 3.23. The third-order valence-electron chi connectivity index (χ3n) is 3.82. The molecular weight excluding hydrogens is 308 g/mol. The number of aliphatic hydroxyl groups is 1. The molecule has 1 aromatic carbocycles. The van der Waals surface area contributed by atoms with Gasteiger partial charge in [0, 0.05) is 31.7 Å². The van der Waals surface area contributed by atoms with E-state index >= 15 is 0 Å². The minimum absolute atomic E-state index is 0.0665. The van der Waals surface area contributed by atoms with Gasteiger partial charge < -0.3 is 10.4 Å². The number of rotatable bonds is 8. The van der Waals surface area contributed by atoms with Crippen LogP contribution in [-0.4, -0.2) is 28.6 Å². The molecule has 0 aliphatic carbocycles. The van der Waals surface area contributed by atoms with E-state index in [2.05, 4.69) is 34.0 Å². The first kappa shape index (κ1) is 17.7. The Morgan fingerprint density at radius 3 is 2.43 bits per heavy atom. The van der Waals surface area contributed by atoms with E-state index in [4.69, 9.17) is 0 Å². The van der Waals surface area contributed by atoms with Crippen LogP contribution < -0.4 is 5.32 Å². The van der Waals surface area contributed by atoms with E-state index in [0.717, 1.165) is 25.2 Å². The van der Waals surface area contributed by atoms with Crippen LogP contribution in [0.2, 0.25) is 0 Å².